The number of aromatic nitrogens is 1. The standard InChI is InChI=1S/C30H20N2.C11H10N2/c31-27-16-15-22(18-28(27)32)30-25-11-5-3-9-23(25)29(24-10-4-6-12-26(24)30)21-14-13-19-7-1-2-8-20(19)17-21;12-11-5-1-3-9(7-11)10-4-2-6-13-8-10/h1-18,31-32H;1-8H,12H2. The van der Waals surface area contributed by atoms with E-state index < -0.39 is 0 Å². The van der Waals surface area contributed by atoms with Gasteiger partial charge in [0, 0.05) is 23.6 Å². The van der Waals surface area contributed by atoms with E-state index in [1.54, 1.807) is 12.3 Å². The van der Waals surface area contributed by atoms with Crippen LogP contribution in [-0.2, 0) is 0 Å². The zero-order valence-corrected chi connectivity index (χ0v) is 24.5. The van der Waals surface area contributed by atoms with Gasteiger partial charge in [0.05, 0.1) is 11.4 Å². The van der Waals surface area contributed by atoms with Crippen LogP contribution in [0.25, 0.3) is 60.1 Å². The van der Waals surface area contributed by atoms with Gasteiger partial charge in [0.1, 0.15) is 0 Å². The molecule has 0 saturated heterocycles. The first-order valence-corrected chi connectivity index (χ1v) is 14.8. The lowest BCUT2D eigenvalue weighted by molar-refractivity contribution is 1.33. The summed E-state index contributed by atoms with van der Waals surface area (Å²) >= 11 is 0. The van der Waals surface area contributed by atoms with Crippen molar-refractivity contribution >= 4 is 55.0 Å². The molecular weight excluding hydrogens is 548 g/mol. The molecule has 0 amide bonds. The second kappa shape index (κ2) is 11.9. The summed E-state index contributed by atoms with van der Waals surface area (Å²) in [6, 6.07) is 43.9. The van der Waals surface area contributed by atoms with Gasteiger partial charge in [-0.3, -0.25) is 15.8 Å². The Morgan fingerprint density at radius 2 is 1.13 bits per heavy atom. The number of pyridine rings is 1. The van der Waals surface area contributed by atoms with Crippen LogP contribution >= 0.6 is 0 Å². The van der Waals surface area contributed by atoms with Gasteiger partial charge >= 0.3 is 0 Å². The predicted molar refractivity (Wildman–Crippen MR) is 191 cm³/mol. The van der Waals surface area contributed by atoms with Crippen molar-refractivity contribution in [3.8, 4) is 22.3 Å². The number of hydrogen-bond acceptors (Lipinski definition) is 4. The molecule has 0 fully saturated rings. The maximum atomic E-state index is 8.19. The van der Waals surface area contributed by atoms with E-state index in [2.05, 4.69) is 96.0 Å². The molecule has 0 bridgehead atoms. The molecule has 0 aliphatic heterocycles. The molecule has 1 aliphatic carbocycles. The Kier molecular flexibility index (Phi) is 7.30. The van der Waals surface area contributed by atoms with E-state index >= 15 is 0 Å². The number of nitrogen functional groups attached to an aromatic ring is 1. The van der Waals surface area contributed by atoms with Crippen molar-refractivity contribution in [3.05, 3.63) is 164 Å². The van der Waals surface area contributed by atoms with Crippen molar-refractivity contribution < 1.29 is 0 Å². The molecule has 0 spiro atoms. The van der Waals surface area contributed by atoms with Gasteiger partial charge in [-0.05, 0) is 96.6 Å². The van der Waals surface area contributed by atoms with Crippen LogP contribution in [0.5, 0.6) is 0 Å². The predicted octanol–water partition coefficient (Wildman–Crippen LogP) is 10.1. The maximum Gasteiger partial charge on any atom is 0.0795 e. The molecule has 0 radical (unpaired) electrons. The number of hydrogen-bond donors (Lipinski definition) is 3. The Morgan fingerprint density at radius 1 is 0.489 bits per heavy atom. The summed E-state index contributed by atoms with van der Waals surface area (Å²) in [6.45, 7) is 0. The van der Waals surface area contributed by atoms with Gasteiger partial charge in [-0.15, -0.1) is 0 Å². The van der Waals surface area contributed by atoms with Crippen molar-refractivity contribution in [1.82, 2.24) is 4.98 Å². The van der Waals surface area contributed by atoms with E-state index in [4.69, 9.17) is 16.6 Å². The number of fused-ring (bicyclic) bond motifs is 3. The lowest BCUT2D eigenvalue weighted by atomic mass is 9.84. The molecular formula is C41H30N4. The van der Waals surface area contributed by atoms with Crippen molar-refractivity contribution in [2.75, 3.05) is 5.73 Å². The van der Waals surface area contributed by atoms with Crippen molar-refractivity contribution in [1.29, 1.82) is 10.8 Å². The SMILES string of the molecule is N=C1C=CC(c2c3ccccc3c(-c3ccc4ccccc4c3)c3ccccc23)=CC1=N.Nc1cccc(-c2cccnc2)c1. The number of allylic oxidation sites excluding steroid dienone is 4. The number of rotatable bonds is 3. The molecule has 1 aliphatic rings. The summed E-state index contributed by atoms with van der Waals surface area (Å²) in [6.07, 6.45) is 9.08. The minimum Gasteiger partial charge on any atom is -0.399 e. The average Bonchev–Trinajstić information content (AvgIpc) is 3.09. The summed E-state index contributed by atoms with van der Waals surface area (Å²) < 4.78 is 0. The molecule has 4 heteroatoms. The van der Waals surface area contributed by atoms with E-state index in [0.29, 0.717) is 0 Å². The molecule has 0 saturated carbocycles. The highest BCUT2D eigenvalue weighted by Crippen LogP contribution is 2.43. The number of nitrogens with one attached hydrogen (secondary N) is 2. The molecule has 214 valence electrons. The minimum atomic E-state index is 0.245. The van der Waals surface area contributed by atoms with Crippen molar-refractivity contribution in [2.24, 2.45) is 0 Å². The van der Waals surface area contributed by atoms with Gasteiger partial charge in [0.2, 0.25) is 0 Å². The van der Waals surface area contributed by atoms with Crippen LogP contribution < -0.4 is 5.73 Å². The fourth-order valence-corrected chi connectivity index (χ4v) is 6.05. The first-order chi connectivity index (χ1) is 22.1. The Balaban J connectivity index is 0.000000209. The van der Waals surface area contributed by atoms with Crippen LogP contribution in [0.4, 0.5) is 5.69 Å². The van der Waals surface area contributed by atoms with Gasteiger partial charge in [-0.2, -0.15) is 0 Å². The van der Waals surface area contributed by atoms with Gasteiger partial charge in [0.25, 0.3) is 0 Å². The number of nitrogens with zero attached hydrogens (tertiary/aromatic N) is 1. The second-order valence-corrected chi connectivity index (χ2v) is 11.0. The van der Waals surface area contributed by atoms with E-state index in [9.17, 15) is 0 Å². The smallest absolute Gasteiger partial charge is 0.0795 e. The summed E-state index contributed by atoms with van der Waals surface area (Å²) in [5.41, 5.74) is 13.7. The van der Waals surface area contributed by atoms with Crippen LogP contribution in [0, 0.1) is 10.8 Å². The Bertz CT molecular complexity index is 2260. The van der Waals surface area contributed by atoms with E-state index in [1.165, 1.54) is 32.7 Å². The average molecular weight is 579 g/mol. The fraction of sp³-hybridized carbons (Fsp3) is 0. The highest BCUT2D eigenvalue weighted by molar-refractivity contribution is 6.50. The van der Waals surface area contributed by atoms with E-state index in [0.717, 1.165) is 38.7 Å². The first-order valence-electron chi connectivity index (χ1n) is 14.8. The molecule has 7 aromatic rings. The van der Waals surface area contributed by atoms with Gasteiger partial charge in [-0.1, -0.05) is 109 Å². The highest BCUT2D eigenvalue weighted by atomic mass is 14.6. The largest absolute Gasteiger partial charge is 0.399 e. The third-order valence-corrected chi connectivity index (χ3v) is 8.16. The number of nitrogens with two attached hydrogens (primary N) is 1. The monoisotopic (exact) mass is 578 g/mol. The molecule has 4 nitrogen and oxygen atoms in total. The van der Waals surface area contributed by atoms with Crippen LogP contribution in [0.15, 0.2) is 158 Å². The summed E-state index contributed by atoms with van der Waals surface area (Å²) in [5.74, 6) is 0. The summed E-state index contributed by atoms with van der Waals surface area (Å²) in [5, 5.41) is 23.3. The molecule has 1 aromatic heterocycles. The molecule has 0 atom stereocenters. The molecule has 8 rings (SSSR count). The zero-order chi connectivity index (χ0) is 30.8. The van der Waals surface area contributed by atoms with Crippen molar-refractivity contribution in [2.45, 2.75) is 0 Å². The van der Waals surface area contributed by atoms with Gasteiger partial charge in [0.15, 0.2) is 0 Å². The lowest BCUT2D eigenvalue weighted by Gasteiger charge is -2.19. The zero-order valence-electron chi connectivity index (χ0n) is 24.5. The number of benzene rings is 6. The molecule has 1 heterocycles. The molecule has 4 N–H and O–H groups in total. The normalized spacial score (nSPS) is 12.7. The lowest BCUT2D eigenvalue weighted by Crippen LogP contribution is -2.10. The molecule has 0 unspecified atom stereocenters. The Labute approximate surface area is 261 Å². The third-order valence-electron chi connectivity index (χ3n) is 8.16. The fourth-order valence-electron chi connectivity index (χ4n) is 6.05. The summed E-state index contributed by atoms with van der Waals surface area (Å²) in [7, 11) is 0. The highest BCUT2D eigenvalue weighted by Gasteiger charge is 2.18. The van der Waals surface area contributed by atoms with E-state index in [1.807, 2.05) is 54.7 Å². The molecule has 45 heavy (non-hydrogen) atoms. The minimum absolute atomic E-state index is 0.245. The second-order valence-electron chi connectivity index (χ2n) is 11.0. The molecule has 6 aromatic carbocycles. The van der Waals surface area contributed by atoms with E-state index in [-0.39, 0.29) is 11.4 Å². The Hall–Kier alpha value is -6.13. The summed E-state index contributed by atoms with van der Waals surface area (Å²) in [4.78, 5) is 4.05. The van der Waals surface area contributed by atoms with Crippen LogP contribution in [-0.4, -0.2) is 16.4 Å². The van der Waals surface area contributed by atoms with Crippen LogP contribution in [0.3, 0.4) is 0 Å². The maximum absolute atomic E-state index is 8.19. The topological polar surface area (TPSA) is 86.6 Å². The first kappa shape index (κ1) is 27.7. The van der Waals surface area contributed by atoms with Crippen LogP contribution in [0.1, 0.15) is 5.56 Å². The Morgan fingerprint density at radius 3 is 1.78 bits per heavy atom. The number of anilines is 1. The van der Waals surface area contributed by atoms with Crippen molar-refractivity contribution in [3.63, 3.8) is 0 Å². The van der Waals surface area contributed by atoms with Gasteiger partial charge in [-0.25, -0.2) is 0 Å². The third kappa shape index (κ3) is 5.41. The van der Waals surface area contributed by atoms with Gasteiger partial charge < -0.3 is 5.73 Å². The quantitative estimate of drug-likeness (QED) is 0.111. The van der Waals surface area contributed by atoms with Crippen LogP contribution in [0.2, 0.25) is 0 Å².